The second-order valence-electron chi connectivity index (χ2n) is 5.30. The van der Waals surface area contributed by atoms with Crippen LogP contribution in [0.2, 0.25) is 0 Å². The van der Waals surface area contributed by atoms with E-state index in [1.54, 1.807) is 12.1 Å². The highest BCUT2D eigenvalue weighted by atomic mass is 32.1. The molecule has 3 rings (SSSR count). The van der Waals surface area contributed by atoms with E-state index in [0.29, 0.717) is 10.3 Å². The average Bonchev–Trinajstić information content (AvgIpc) is 3.04. The van der Waals surface area contributed by atoms with E-state index in [0.717, 1.165) is 4.70 Å². The first-order chi connectivity index (χ1) is 12.4. The molecule has 0 bridgehead atoms. The number of nitrogens with one attached hydrogen (secondary N) is 1. The van der Waals surface area contributed by atoms with E-state index in [1.807, 2.05) is 0 Å². The monoisotopic (exact) mass is 375 g/mol. The van der Waals surface area contributed by atoms with Gasteiger partial charge in [0.15, 0.2) is 11.5 Å². The molecule has 0 saturated carbocycles. The molecule has 0 unspecified atom stereocenters. The highest BCUT2D eigenvalue weighted by molar-refractivity contribution is 7.20. The summed E-state index contributed by atoms with van der Waals surface area (Å²) in [5.41, 5.74) is -0.0630. The molecule has 6 nitrogen and oxygen atoms in total. The second-order valence-corrected chi connectivity index (χ2v) is 6.39. The molecule has 0 atom stereocenters. The molecule has 0 spiro atoms. The lowest BCUT2D eigenvalue weighted by molar-refractivity contribution is 0.0697. The van der Waals surface area contributed by atoms with Crippen molar-refractivity contribution in [3.8, 4) is 11.5 Å². The molecule has 1 aromatic heterocycles. The first-order valence-electron chi connectivity index (χ1n) is 7.42. The third-order valence-electron chi connectivity index (χ3n) is 3.70. The number of rotatable bonds is 5. The van der Waals surface area contributed by atoms with Gasteiger partial charge < -0.3 is 19.9 Å². The molecule has 0 radical (unpaired) electrons. The van der Waals surface area contributed by atoms with Crippen LogP contribution in [0.5, 0.6) is 11.5 Å². The molecular weight excluding hydrogens is 361 g/mol. The quantitative estimate of drug-likeness (QED) is 0.704. The number of carboxylic acid groups (broad SMARTS) is 1. The van der Waals surface area contributed by atoms with Crippen LogP contribution in [0, 0.1) is 5.82 Å². The highest BCUT2D eigenvalue weighted by Crippen LogP contribution is 2.34. The van der Waals surface area contributed by atoms with Gasteiger partial charge in [-0.05, 0) is 29.7 Å². The van der Waals surface area contributed by atoms with Gasteiger partial charge in [-0.3, -0.25) is 4.79 Å². The van der Waals surface area contributed by atoms with E-state index in [-0.39, 0.29) is 22.7 Å². The molecule has 134 valence electrons. The summed E-state index contributed by atoms with van der Waals surface area (Å²) in [4.78, 5) is 24.4. The van der Waals surface area contributed by atoms with Crippen LogP contribution in [0.3, 0.4) is 0 Å². The van der Waals surface area contributed by atoms with E-state index in [1.165, 1.54) is 49.8 Å². The Kier molecular flexibility index (Phi) is 4.77. The zero-order valence-electron chi connectivity index (χ0n) is 13.8. The maximum Gasteiger partial charge on any atom is 0.337 e. The second kappa shape index (κ2) is 7.01. The third kappa shape index (κ3) is 3.31. The number of ether oxygens (including phenoxy) is 2. The van der Waals surface area contributed by atoms with Gasteiger partial charge in [0.25, 0.3) is 5.91 Å². The number of benzene rings is 2. The van der Waals surface area contributed by atoms with Crippen molar-refractivity contribution < 1.29 is 28.6 Å². The molecule has 0 fully saturated rings. The van der Waals surface area contributed by atoms with Gasteiger partial charge >= 0.3 is 5.97 Å². The van der Waals surface area contributed by atoms with Crippen LogP contribution in [0.15, 0.2) is 36.4 Å². The number of amides is 1. The lowest BCUT2D eigenvalue weighted by Gasteiger charge is -2.13. The van der Waals surface area contributed by atoms with Gasteiger partial charge in [-0.2, -0.15) is 0 Å². The Morgan fingerprint density at radius 2 is 1.77 bits per heavy atom. The predicted molar refractivity (Wildman–Crippen MR) is 96.2 cm³/mol. The van der Waals surface area contributed by atoms with Crippen molar-refractivity contribution in [3.05, 3.63) is 52.7 Å². The maximum absolute atomic E-state index is 13.3. The Balaban J connectivity index is 1.98. The standard InChI is InChI=1S/C18H14FNO5S/c1-24-13-7-11(18(22)23)12(8-14(13)25-2)20-17(21)16-6-9-5-10(19)3-4-15(9)26-16/h3-8H,1-2H3,(H,20,21)(H,22,23). The minimum atomic E-state index is -1.22. The highest BCUT2D eigenvalue weighted by Gasteiger charge is 2.19. The number of thiophene rings is 1. The van der Waals surface area contributed by atoms with Crippen molar-refractivity contribution in [1.82, 2.24) is 0 Å². The van der Waals surface area contributed by atoms with Crippen LogP contribution >= 0.6 is 11.3 Å². The van der Waals surface area contributed by atoms with Gasteiger partial charge in [0.2, 0.25) is 0 Å². The Hall–Kier alpha value is -3.13. The van der Waals surface area contributed by atoms with E-state index >= 15 is 0 Å². The molecule has 8 heteroatoms. The summed E-state index contributed by atoms with van der Waals surface area (Å²) in [7, 11) is 2.79. The first kappa shape index (κ1) is 17.7. The van der Waals surface area contributed by atoms with Gasteiger partial charge in [0.05, 0.1) is 30.3 Å². The van der Waals surface area contributed by atoms with Crippen molar-refractivity contribution in [3.63, 3.8) is 0 Å². The number of carbonyl (C=O) groups is 2. The number of anilines is 1. The van der Waals surface area contributed by atoms with Crippen LogP contribution in [-0.4, -0.2) is 31.2 Å². The van der Waals surface area contributed by atoms with Crippen LogP contribution in [-0.2, 0) is 0 Å². The lowest BCUT2D eigenvalue weighted by atomic mass is 10.1. The van der Waals surface area contributed by atoms with Gasteiger partial charge in [0.1, 0.15) is 5.82 Å². The zero-order valence-corrected chi connectivity index (χ0v) is 14.6. The molecule has 2 N–H and O–H groups in total. The first-order valence-corrected chi connectivity index (χ1v) is 8.24. The Morgan fingerprint density at radius 3 is 2.42 bits per heavy atom. The van der Waals surface area contributed by atoms with Gasteiger partial charge in [-0.25, -0.2) is 9.18 Å². The molecule has 0 saturated heterocycles. The summed E-state index contributed by atoms with van der Waals surface area (Å²) in [6.07, 6.45) is 0. The fourth-order valence-electron chi connectivity index (χ4n) is 2.47. The zero-order chi connectivity index (χ0) is 18.8. The molecule has 0 aliphatic rings. The van der Waals surface area contributed by atoms with Gasteiger partial charge in [0, 0.05) is 16.8 Å². The van der Waals surface area contributed by atoms with Gasteiger partial charge in [-0.1, -0.05) is 0 Å². The number of hydrogen-bond donors (Lipinski definition) is 2. The molecule has 2 aromatic carbocycles. The van der Waals surface area contributed by atoms with Crippen LogP contribution in [0.4, 0.5) is 10.1 Å². The summed E-state index contributed by atoms with van der Waals surface area (Å²) in [5.74, 6) is -1.59. The predicted octanol–water partition coefficient (Wildman–Crippen LogP) is 4.01. The SMILES string of the molecule is COc1cc(NC(=O)c2cc3cc(F)ccc3s2)c(C(=O)O)cc1OC. The number of halogens is 1. The van der Waals surface area contributed by atoms with Crippen LogP contribution in [0.25, 0.3) is 10.1 Å². The van der Waals surface area contributed by atoms with Crippen molar-refractivity contribution in [2.75, 3.05) is 19.5 Å². The number of methoxy groups -OCH3 is 2. The van der Waals surface area contributed by atoms with Crippen molar-refractivity contribution in [2.24, 2.45) is 0 Å². The van der Waals surface area contributed by atoms with Crippen LogP contribution < -0.4 is 14.8 Å². The third-order valence-corrected chi connectivity index (χ3v) is 4.82. The topological polar surface area (TPSA) is 84.9 Å². The van der Waals surface area contributed by atoms with E-state index in [4.69, 9.17) is 9.47 Å². The summed E-state index contributed by atoms with van der Waals surface area (Å²) < 4.78 is 24.3. The minimum Gasteiger partial charge on any atom is -0.493 e. The van der Waals surface area contributed by atoms with E-state index < -0.39 is 17.7 Å². The van der Waals surface area contributed by atoms with Crippen molar-refractivity contribution in [1.29, 1.82) is 0 Å². The summed E-state index contributed by atoms with van der Waals surface area (Å²) >= 11 is 1.18. The van der Waals surface area contributed by atoms with Crippen molar-refractivity contribution in [2.45, 2.75) is 0 Å². The van der Waals surface area contributed by atoms with E-state index in [9.17, 15) is 19.1 Å². The van der Waals surface area contributed by atoms with E-state index in [2.05, 4.69) is 5.32 Å². The fraction of sp³-hybridized carbons (Fsp3) is 0.111. The number of carboxylic acids is 1. The molecule has 26 heavy (non-hydrogen) atoms. The Labute approximate surface area is 151 Å². The average molecular weight is 375 g/mol. The maximum atomic E-state index is 13.3. The molecule has 0 aliphatic carbocycles. The Morgan fingerprint density at radius 1 is 1.08 bits per heavy atom. The fourth-order valence-corrected chi connectivity index (χ4v) is 3.41. The lowest BCUT2D eigenvalue weighted by Crippen LogP contribution is -2.14. The summed E-state index contributed by atoms with van der Waals surface area (Å²) in [6.45, 7) is 0. The normalized spacial score (nSPS) is 10.6. The summed E-state index contributed by atoms with van der Waals surface area (Å²) in [5, 5.41) is 12.6. The van der Waals surface area contributed by atoms with Crippen LogP contribution in [0.1, 0.15) is 20.0 Å². The molecule has 3 aromatic rings. The molecule has 0 aliphatic heterocycles. The number of hydrogen-bond acceptors (Lipinski definition) is 5. The smallest absolute Gasteiger partial charge is 0.337 e. The van der Waals surface area contributed by atoms with Crippen molar-refractivity contribution >= 4 is 39.0 Å². The molecular formula is C18H14FNO5S. The summed E-state index contributed by atoms with van der Waals surface area (Å²) in [6, 6.07) is 8.45. The minimum absolute atomic E-state index is 0.0730. The largest absolute Gasteiger partial charge is 0.493 e. The van der Waals surface area contributed by atoms with Gasteiger partial charge in [-0.15, -0.1) is 11.3 Å². The molecule has 1 amide bonds. The number of fused-ring (bicyclic) bond motifs is 1. The number of carbonyl (C=O) groups excluding carboxylic acids is 1. The Bertz CT molecular complexity index is 1010. The number of aromatic carboxylic acids is 1. The molecule has 1 heterocycles.